The third kappa shape index (κ3) is 6.68. The van der Waals surface area contributed by atoms with E-state index < -0.39 is 12.1 Å². The van der Waals surface area contributed by atoms with Crippen molar-refractivity contribution in [1.29, 1.82) is 0 Å². The van der Waals surface area contributed by atoms with Crippen molar-refractivity contribution < 1.29 is 33.6 Å². The lowest BCUT2D eigenvalue weighted by molar-refractivity contribution is -0.386. The summed E-state index contributed by atoms with van der Waals surface area (Å²) in [7, 11) is 0. The van der Waals surface area contributed by atoms with Crippen LogP contribution in [0.4, 0.5) is 13.2 Å². The molecule has 0 fully saturated rings. The molecule has 0 aliphatic rings. The normalized spacial score (nSPS) is 11.2. The van der Waals surface area contributed by atoms with Crippen LogP contribution in [0, 0.1) is 0 Å². The summed E-state index contributed by atoms with van der Waals surface area (Å²) < 4.78 is 33.4. The third-order valence-corrected chi connectivity index (χ3v) is 6.51. The van der Waals surface area contributed by atoms with E-state index in [0.717, 1.165) is 34.5 Å². The fourth-order valence-corrected chi connectivity index (χ4v) is 4.38. The molecule has 0 saturated carbocycles. The van der Waals surface area contributed by atoms with Crippen molar-refractivity contribution in [1.82, 2.24) is 29.7 Å². The summed E-state index contributed by atoms with van der Waals surface area (Å²) in [6.45, 7) is 0.989. The Labute approximate surface area is 248 Å². The second kappa shape index (κ2) is 12.7. The number of fused-ring (bicyclic) bond motifs is 2. The Hall–Kier alpha value is -5.69. The number of hydrogen-bond donors (Lipinski definition) is 2. The largest absolute Gasteiger partial charge is 0.542 e. The molecule has 0 unspecified atom stereocenters. The number of hydrogen-bond acceptors (Lipinski definition) is 7. The lowest BCUT2D eigenvalue weighted by Crippen LogP contribution is -2.47. The molecule has 13 heteroatoms. The number of rotatable bonds is 6. The number of nitrogens with one attached hydrogen (secondary N) is 1. The highest BCUT2D eigenvalue weighted by atomic mass is 19.4. The number of aliphatic carboxylic acids is 1. The molecule has 6 rings (SSSR count). The molecule has 0 saturated heterocycles. The number of pyridine rings is 2. The van der Waals surface area contributed by atoms with Gasteiger partial charge in [-0.15, -0.1) is 0 Å². The molecule has 4 aromatic heterocycles. The van der Waals surface area contributed by atoms with Crippen LogP contribution in [0.15, 0.2) is 97.6 Å². The molecular weight excluding hydrogens is 575 g/mol. The fourth-order valence-electron chi connectivity index (χ4n) is 4.38. The number of carbonyl (C=O) groups is 2. The summed E-state index contributed by atoms with van der Waals surface area (Å²) in [6, 6.07) is 24.0. The summed E-state index contributed by atoms with van der Waals surface area (Å²) in [5.41, 5.74) is 10.7. The predicted molar refractivity (Wildman–Crippen MR) is 152 cm³/mol. The Morgan fingerprint density at radius 2 is 1.64 bits per heavy atom. The van der Waals surface area contributed by atoms with Crippen LogP contribution in [0.2, 0.25) is 0 Å². The second-order valence-electron chi connectivity index (χ2n) is 9.45. The number of aromatic nitrogens is 5. The average molecular weight is 600 g/mol. The van der Waals surface area contributed by atoms with E-state index in [9.17, 15) is 18.0 Å². The molecule has 44 heavy (non-hydrogen) atoms. The Kier molecular flexibility index (Phi) is 8.58. The number of benzene rings is 2. The first kappa shape index (κ1) is 29.8. The first-order valence-corrected chi connectivity index (χ1v) is 13.2. The Bertz CT molecular complexity index is 1910. The zero-order valence-electron chi connectivity index (χ0n) is 23.0. The number of carbonyl (C=O) groups excluding carboxylic acids is 2. The molecule has 2 aromatic carbocycles. The van der Waals surface area contributed by atoms with E-state index in [2.05, 4.69) is 50.3 Å². The fraction of sp³-hybridized carbons (Fsp3) is 0.0968. The summed E-state index contributed by atoms with van der Waals surface area (Å²) >= 11 is 0. The number of quaternary nitrogens is 1. The van der Waals surface area contributed by atoms with Gasteiger partial charge < -0.3 is 21.0 Å². The van der Waals surface area contributed by atoms with Gasteiger partial charge >= 0.3 is 6.18 Å². The maximum absolute atomic E-state index is 13.3. The van der Waals surface area contributed by atoms with Crippen molar-refractivity contribution in [3.05, 3.63) is 115 Å². The Morgan fingerprint density at radius 3 is 2.30 bits per heavy atom. The van der Waals surface area contributed by atoms with E-state index >= 15 is 0 Å². The molecule has 0 atom stereocenters. The molecule has 0 aliphatic heterocycles. The molecule has 0 aliphatic carbocycles. The van der Waals surface area contributed by atoms with Gasteiger partial charge in [-0.25, -0.2) is 15.0 Å². The van der Waals surface area contributed by atoms with Gasteiger partial charge in [0.05, 0.1) is 30.0 Å². The maximum atomic E-state index is 13.3. The molecule has 0 bridgehead atoms. The number of halogens is 3. The van der Waals surface area contributed by atoms with Crippen LogP contribution >= 0.6 is 0 Å². The predicted octanol–water partition coefficient (Wildman–Crippen LogP) is 2.98. The van der Waals surface area contributed by atoms with Crippen LogP contribution in [0.25, 0.3) is 39.1 Å². The van der Waals surface area contributed by atoms with Crippen molar-refractivity contribution in [3.8, 4) is 22.4 Å². The van der Waals surface area contributed by atoms with Crippen LogP contribution < -0.4 is 16.2 Å². The van der Waals surface area contributed by atoms with Gasteiger partial charge in [0.25, 0.3) is 5.91 Å². The van der Waals surface area contributed by atoms with Crippen molar-refractivity contribution in [3.63, 3.8) is 0 Å². The molecular formula is C31H24F3N7O3. The van der Waals surface area contributed by atoms with Gasteiger partial charge in [-0.1, -0.05) is 54.6 Å². The number of carboxylic acids is 1. The van der Waals surface area contributed by atoms with Crippen molar-refractivity contribution >= 4 is 28.6 Å². The quantitative estimate of drug-likeness (QED) is 0.299. The molecule has 1 amide bonds. The zero-order valence-corrected chi connectivity index (χ0v) is 23.0. The standard InChI is InChI=1S/C29H23N7O.C2HF3O2/c30-16-19-7-9-21(10-8-19)26-23(20-5-2-1-3-6-20)15-24-25(35-26)11-13-31-27(24)28(37)33-17-22-18-36-14-4-12-32-29(36)34-22;3-2(4,5)1(6)7/h1-15,18H,16-17,30H2,(H,33,37);(H,6,7). The van der Waals surface area contributed by atoms with Gasteiger partial charge in [-0.05, 0) is 23.8 Å². The maximum Gasteiger partial charge on any atom is 0.430 e. The smallest absolute Gasteiger partial charge is 0.430 e. The highest BCUT2D eigenvalue weighted by Gasteiger charge is 2.28. The van der Waals surface area contributed by atoms with Crippen molar-refractivity contribution in [2.75, 3.05) is 0 Å². The number of carboxylic acid groups (broad SMARTS) is 1. The molecule has 4 N–H and O–H groups in total. The monoisotopic (exact) mass is 599 g/mol. The average Bonchev–Trinajstić information content (AvgIpc) is 3.46. The van der Waals surface area contributed by atoms with Gasteiger partial charge in [0, 0.05) is 46.9 Å². The summed E-state index contributed by atoms with van der Waals surface area (Å²) in [6.07, 6.45) is 1.83. The van der Waals surface area contributed by atoms with Gasteiger partial charge in [-0.2, -0.15) is 13.2 Å². The minimum atomic E-state index is -5.19. The van der Waals surface area contributed by atoms with Crippen molar-refractivity contribution in [2.24, 2.45) is 0 Å². The lowest BCUT2D eigenvalue weighted by Gasteiger charge is -2.13. The molecule has 4 heterocycles. The number of amides is 1. The van der Waals surface area contributed by atoms with E-state index in [1.54, 1.807) is 12.4 Å². The van der Waals surface area contributed by atoms with Gasteiger partial charge in [-0.3, -0.25) is 14.2 Å². The van der Waals surface area contributed by atoms with Gasteiger partial charge in [0.15, 0.2) is 0 Å². The molecule has 0 spiro atoms. The summed E-state index contributed by atoms with van der Waals surface area (Å²) in [4.78, 5) is 40.2. The van der Waals surface area contributed by atoms with Crippen LogP contribution in [0.3, 0.4) is 0 Å². The lowest BCUT2D eigenvalue weighted by atomic mass is 9.96. The van der Waals surface area contributed by atoms with Crippen LogP contribution in [0.1, 0.15) is 21.7 Å². The van der Waals surface area contributed by atoms with E-state index in [0.29, 0.717) is 28.1 Å². The van der Waals surface area contributed by atoms with Crippen LogP contribution in [0.5, 0.6) is 0 Å². The van der Waals surface area contributed by atoms with Crippen molar-refractivity contribution in [2.45, 2.75) is 19.3 Å². The van der Waals surface area contributed by atoms with Crippen LogP contribution in [-0.2, 0) is 17.9 Å². The second-order valence-corrected chi connectivity index (χ2v) is 9.45. The first-order valence-electron chi connectivity index (χ1n) is 13.2. The van der Waals surface area contributed by atoms with E-state index in [-0.39, 0.29) is 12.5 Å². The van der Waals surface area contributed by atoms with E-state index in [4.69, 9.17) is 14.9 Å². The topological polar surface area (TPSA) is 153 Å². The first-order chi connectivity index (χ1) is 21.1. The minimum absolute atomic E-state index is 0.260. The number of alkyl halides is 3. The Balaban J connectivity index is 0.000000493. The number of imidazole rings is 1. The van der Waals surface area contributed by atoms with E-state index in [1.165, 1.54) is 0 Å². The zero-order chi connectivity index (χ0) is 31.3. The Morgan fingerprint density at radius 1 is 0.909 bits per heavy atom. The highest BCUT2D eigenvalue weighted by Crippen LogP contribution is 2.34. The van der Waals surface area contributed by atoms with Gasteiger partial charge in [0.1, 0.15) is 11.7 Å². The molecule has 6 aromatic rings. The highest BCUT2D eigenvalue weighted by molar-refractivity contribution is 6.06. The molecule has 0 radical (unpaired) electrons. The summed E-state index contributed by atoms with van der Waals surface area (Å²) in [5.74, 6) is -2.71. The molecule has 222 valence electrons. The minimum Gasteiger partial charge on any atom is -0.542 e. The number of nitrogens with zero attached hydrogens (tertiary/aromatic N) is 5. The molecule has 10 nitrogen and oxygen atoms in total. The SMILES string of the molecule is O=C([O-])C(F)(F)F.[NH3+]Cc1ccc(-c2nc3ccnc(C(=O)NCc4cn5cccnc5n4)c3cc2-c2ccccc2)cc1. The van der Waals surface area contributed by atoms with E-state index in [1.807, 2.05) is 65.3 Å². The van der Waals surface area contributed by atoms with Gasteiger partial charge in [0.2, 0.25) is 5.78 Å². The third-order valence-electron chi connectivity index (χ3n) is 6.51. The van der Waals surface area contributed by atoms with Crippen LogP contribution in [-0.4, -0.2) is 42.4 Å². The summed E-state index contributed by atoms with van der Waals surface area (Å²) in [5, 5.41) is 12.4.